The summed E-state index contributed by atoms with van der Waals surface area (Å²) in [6.45, 7) is 6.54. The molecule has 2 rings (SSSR count). The Labute approximate surface area is 113 Å². The second-order valence-corrected chi connectivity index (χ2v) is 6.34. The van der Waals surface area contributed by atoms with Gasteiger partial charge in [0.1, 0.15) is 0 Å². The van der Waals surface area contributed by atoms with E-state index >= 15 is 0 Å². The number of hydrogen-bond donors (Lipinski definition) is 1. The molecule has 17 heavy (non-hydrogen) atoms. The number of nitrogens with zero attached hydrogens (tertiary/aromatic N) is 1. The van der Waals surface area contributed by atoms with Crippen molar-refractivity contribution < 1.29 is 0 Å². The van der Waals surface area contributed by atoms with Gasteiger partial charge in [0.05, 0.1) is 15.7 Å². The van der Waals surface area contributed by atoms with Gasteiger partial charge in [0, 0.05) is 18.8 Å². The minimum Gasteiger partial charge on any atom is -0.399 e. The van der Waals surface area contributed by atoms with Crippen LogP contribution in [0.25, 0.3) is 0 Å². The van der Waals surface area contributed by atoms with Crippen LogP contribution in [0.4, 0.5) is 11.4 Å². The van der Waals surface area contributed by atoms with E-state index in [4.69, 9.17) is 28.9 Å². The van der Waals surface area contributed by atoms with Crippen LogP contribution < -0.4 is 10.6 Å². The zero-order valence-corrected chi connectivity index (χ0v) is 11.8. The molecule has 1 fully saturated rings. The van der Waals surface area contributed by atoms with Crippen LogP contribution in [-0.2, 0) is 0 Å². The molecule has 0 aromatic heterocycles. The SMILES string of the molecule is CC1(C)CCCN(c2c(Cl)cc(N)cc2Cl)C1. The molecule has 0 unspecified atom stereocenters. The Morgan fingerprint density at radius 1 is 1.24 bits per heavy atom. The third kappa shape index (κ3) is 2.80. The molecule has 0 aliphatic carbocycles. The minimum atomic E-state index is 0.312. The molecule has 0 radical (unpaired) electrons. The van der Waals surface area contributed by atoms with Crippen LogP contribution in [0.5, 0.6) is 0 Å². The van der Waals surface area contributed by atoms with Crippen molar-refractivity contribution >= 4 is 34.6 Å². The first-order chi connectivity index (χ1) is 7.89. The highest BCUT2D eigenvalue weighted by atomic mass is 35.5. The van der Waals surface area contributed by atoms with E-state index in [1.54, 1.807) is 12.1 Å². The maximum absolute atomic E-state index is 6.26. The van der Waals surface area contributed by atoms with Gasteiger partial charge in [-0.3, -0.25) is 0 Å². The normalized spacial score (nSPS) is 19.4. The quantitative estimate of drug-likeness (QED) is 0.777. The van der Waals surface area contributed by atoms with Gasteiger partial charge in [0.15, 0.2) is 0 Å². The van der Waals surface area contributed by atoms with E-state index in [2.05, 4.69) is 18.7 Å². The second kappa shape index (κ2) is 4.58. The highest BCUT2D eigenvalue weighted by Gasteiger charge is 2.28. The minimum absolute atomic E-state index is 0.312. The molecule has 1 aromatic rings. The topological polar surface area (TPSA) is 29.3 Å². The Kier molecular flexibility index (Phi) is 3.46. The summed E-state index contributed by atoms with van der Waals surface area (Å²) in [6.07, 6.45) is 2.41. The molecule has 0 atom stereocenters. The van der Waals surface area contributed by atoms with Crippen molar-refractivity contribution in [3.8, 4) is 0 Å². The Bertz CT molecular complexity index is 406. The monoisotopic (exact) mass is 272 g/mol. The predicted molar refractivity (Wildman–Crippen MR) is 76.1 cm³/mol. The summed E-state index contributed by atoms with van der Waals surface area (Å²) in [5.41, 5.74) is 7.57. The Balaban J connectivity index is 2.34. The largest absolute Gasteiger partial charge is 0.399 e. The summed E-state index contributed by atoms with van der Waals surface area (Å²) in [7, 11) is 0. The van der Waals surface area contributed by atoms with Crippen LogP contribution >= 0.6 is 23.2 Å². The first-order valence-corrected chi connectivity index (χ1v) is 6.64. The molecule has 1 aromatic carbocycles. The molecule has 1 aliphatic heterocycles. The third-order valence-electron chi connectivity index (χ3n) is 3.26. The zero-order valence-electron chi connectivity index (χ0n) is 10.3. The maximum atomic E-state index is 6.26. The van der Waals surface area contributed by atoms with Gasteiger partial charge < -0.3 is 10.6 Å². The molecule has 0 amide bonds. The van der Waals surface area contributed by atoms with Crippen molar-refractivity contribution in [3.05, 3.63) is 22.2 Å². The lowest BCUT2D eigenvalue weighted by atomic mass is 9.84. The predicted octanol–water partition coefficient (Wildman–Crippen LogP) is 4.20. The van der Waals surface area contributed by atoms with Gasteiger partial charge in [-0.05, 0) is 30.4 Å². The smallest absolute Gasteiger partial charge is 0.0746 e. The van der Waals surface area contributed by atoms with E-state index in [0.717, 1.165) is 18.8 Å². The lowest BCUT2D eigenvalue weighted by Crippen LogP contribution is -2.40. The number of hydrogen-bond acceptors (Lipinski definition) is 2. The average molecular weight is 273 g/mol. The second-order valence-electron chi connectivity index (χ2n) is 5.52. The fraction of sp³-hybridized carbons (Fsp3) is 0.538. The van der Waals surface area contributed by atoms with E-state index < -0.39 is 0 Å². The molecule has 1 aliphatic rings. The van der Waals surface area contributed by atoms with Crippen LogP contribution in [0.3, 0.4) is 0 Å². The standard InChI is InChI=1S/C13H18Cl2N2/c1-13(2)4-3-5-17(8-13)12-10(14)6-9(16)7-11(12)15/h6-7H,3-5,8,16H2,1-2H3. The third-order valence-corrected chi connectivity index (χ3v) is 3.83. The van der Waals surface area contributed by atoms with Crippen molar-refractivity contribution in [2.24, 2.45) is 5.41 Å². The van der Waals surface area contributed by atoms with Gasteiger partial charge in [-0.2, -0.15) is 0 Å². The molecular formula is C13H18Cl2N2. The van der Waals surface area contributed by atoms with E-state index in [0.29, 0.717) is 21.1 Å². The van der Waals surface area contributed by atoms with Crippen molar-refractivity contribution in [2.75, 3.05) is 23.7 Å². The maximum Gasteiger partial charge on any atom is 0.0746 e. The lowest BCUT2D eigenvalue weighted by Gasteiger charge is -2.40. The molecule has 1 heterocycles. The van der Waals surface area contributed by atoms with Gasteiger partial charge in [-0.15, -0.1) is 0 Å². The summed E-state index contributed by atoms with van der Waals surface area (Å²) >= 11 is 12.5. The van der Waals surface area contributed by atoms with E-state index in [1.807, 2.05) is 0 Å². The summed E-state index contributed by atoms with van der Waals surface area (Å²) in [6, 6.07) is 3.54. The number of benzene rings is 1. The number of anilines is 2. The van der Waals surface area contributed by atoms with Crippen LogP contribution in [0.2, 0.25) is 10.0 Å². The first kappa shape index (κ1) is 12.8. The van der Waals surface area contributed by atoms with Crippen LogP contribution in [-0.4, -0.2) is 13.1 Å². The number of halogens is 2. The van der Waals surface area contributed by atoms with Gasteiger partial charge in [0.2, 0.25) is 0 Å². The Morgan fingerprint density at radius 3 is 2.35 bits per heavy atom. The summed E-state index contributed by atoms with van der Waals surface area (Å²) in [5.74, 6) is 0. The summed E-state index contributed by atoms with van der Waals surface area (Å²) in [4.78, 5) is 2.27. The number of nitrogens with two attached hydrogens (primary N) is 1. The molecule has 4 heteroatoms. The number of piperidine rings is 1. The van der Waals surface area contributed by atoms with Crippen molar-refractivity contribution in [2.45, 2.75) is 26.7 Å². The molecule has 2 N–H and O–H groups in total. The summed E-state index contributed by atoms with van der Waals surface area (Å²) in [5, 5.41) is 1.29. The van der Waals surface area contributed by atoms with Gasteiger partial charge in [0.25, 0.3) is 0 Å². The first-order valence-electron chi connectivity index (χ1n) is 5.88. The number of nitrogen functional groups attached to an aromatic ring is 1. The fourth-order valence-electron chi connectivity index (χ4n) is 2.50. The van der Waals surface area contributed by atoms with Gasteiger partial charge in [-0.1, -0.05) is 37.0 Å². The van der Waals surface area contributed by atoms with Crippen LogP contribution in [0, 0.1) is 5.41 Å². The van der Waals surface area contributed by atoms with Crippen molar-refractivity contribution in [1.82, 2.24) is 0 Å². The molecule has 94 valence electrons. The van der Waals surface area contributed by atoms with E-state index in [9.17, 15) is 0 Å². The Hall–Kier alpha value is -0.600. The fourth-order valence-corrected chi connectivity index (χ4v) is 3.24. The average Bonchev–Trinajstić information content (AvgIpc) is 2.13. The van der Waals surface area contributed by atoms with E-state index in [1.165, 1.54) is 12.8 Å². The van der Waals surface area contributed by atoms with Gasteiger partial charge in [-0.25, -0.2) is 0 Å². The highest BCUT2D eigenvalue weighted by molar-refractivity contribution is 6.39. The molecule has 0 spiro atoms. The zero-order chi connectivity index (χ0) is 12.6. The van der Waals surface area contributed by atoms with E-state index in [-0.39, 0.29) is 0 Å². The van der Waals surface area contributed by atoms with Crippen molar-refractivity contribution in [3.63, 3.8) is 0 Å². The molecule has 0 saturated carbocycles. The van der Waals surface area contributed by atoms with Crippen LogP contribution in [0.1, 0.15) is 26.7 Å². The molecule has 1 saturated heterocycles. The summed E-state index contributed by atoms with van der Waals surface area (Å²) < 4.78 is 0. The Morgan fingerprint density at radius 2 is 1.82 bits per heavy atom. The van der Waals surface area contributed by atoms with Crippen LogP contribution in [0.15, 0.2) is 12.1 Å². The van der Waals surface area contributed by atoms with Crippen molar-refractivity contribution in [1.29, 1.82) is 0 Å². The highest BCUT2D eigenvalue weighted by Crippen LogP contribution is 2.40. The van der Waals surface area contributed by atoms with Gasteiger partial charge >= 0.3 is 0 Å². The molecule has 0 bridgehead atoms. The molecule has 2 nitrogen and oxygen atoms in total. The lowest BCUT2D eigenvalue weighted by molar-refractivity contribution is 0.293. The number of rotatable bonds is 1. The molecular weight excluding hydrogens is 255 g/mol.